The molecule has 0 aromatic heterocycles. The quantitative estimate of drug-likeness (QED) is 0.501. The number of para-hydroxylation sites is 1. The predicted molar refractivity (Wildman–Crippen MR) is 121 cm³/mol. The number of rotatable bonds is 7. The maximum absolute atomic E-state index is 12.6. The molecule has 7 nitrogen and oxygen atoms in total. The van der Waals surface area contributed by atoms with Crippen molar-refractivity contribution in [3.05, 3.63) is 88.9 Å². The van der Waals surface area contributed by atoms with Gasteiger partial charge in [0.15, 0.2) is 0 Å². The third kappa shape index (κ3) is 6.07. The molecule has 31 heavy (non-hydrogen) atoms. The first-order valence-electron chi connectivity index (χ1n) is 9.27. The lowest BCUT2D eigenvalue weighted by atomic mass is 10.2. The van der Waals surface area contributed by atoms with Gasteiger partial charge in [-0.25, -0.2) is 8.42 Å². The van der Waals surface area contributed by atoms with Crippen LogP contribution in [-0.4, -0.2) is 26.8 Å². The monoisotopic (exact) mass is 457 g/mol. The van der Waals surface area contributed by atoms with Crippen molar-refractivity contribution in [2.75, 3.05) is 16.6 Å². The van der Waals surface area contributed by atoms with Crippen LogP contribution in [0.2, 0.25) is 5.02 Å². The topological polar surface area (TPSA) is 104 Å². The van der Waals surface area contributed by atoms with Gasteiger partial charge in [0, 0.05) is 16.3 Å². The van der Waals surface area contributed by atoms with Gasteiger partial charge in [-0.1, -0.05) is 29.8 Å². The lowest BCUT2D eigenvalue weighted by Crippen LogP contribution is -2.32. The number of sulfonamides is 1. The van der Waals surface area contributed by atoms with Gasteiger partial charge in [-0.2, -0.15) is 0 Å². The van der Waals surface area contributed by atoms with Crippen molar-refractivity contribution in [1.29, 1.82) is 0 Å². The molecule has 0 aliphatic rings. The Morgan fingerprint density at radius 3 is 2.19 bits per heavy atom. The van der Waals surface area contributed by atoms with Gasteiger partial charge in [0.25, 0.3) is 15.9 Å². The second-order valence-corrected chi connectivity index (χ2v) is 8.80. The molecule has 0 saturated heterocycles. The standard InChI is InChI=1S/C22H20ClN3O4S/c1-15-4-2-3-5-20(15)26-31(29,30)19-12-6-16(7-13-19)22(28)24-14-21(27)25-18-10-8-17(23)9-11-18/h2-13,26H,14H2,1H3,(H,24,28)(H,25,27). The Labute approximate surface area is 185 Å². The highest BCUT2D eigenvalue weighted by molar-refractivity contribution is 7.92. The molecule has 160 valence electrons. The fraction of sp³-hybridized carbons (Fsp3) is 0.0909. The zero-order valence-electron chi connectivity index (χ0n) is 16.6. The summed E-state index contributed by atoms with van der Waals surface area (Å²) in [5.74, 6) is -0.903. The van der Waals surface area contributed by atoms with E-state index in [-0.39, 0.29) is 17.0 Å². The highest BCUT2D eigenvalue weighted by Gasteiger charge is 2.16. The molecule has 0 atom stereocenters. The Bertz CT molecular complexity index is 1190. The van der Waals surface area contributed by atoms with E-state index in [0.29, 0.717) is 16.4 Å². The Kier molecular flexibility index (Phi) is 6.94. The van der Waals surface area contributed by atoms with Crippen LogP contribution in [0.4, 0.5) is 11.4 Å². The van der Waals surface area contributed by atoms with Gasteiger partial charge in [0.1, 0.15) is 0 Å². The van der Waals surface area contributed by atoms with E-state index >= 15 is 0 Å². The van der Waals surface area contributed by atoms with Crippen LogP contribution in [0.15, 0.2) is 77.7 Å². The molecule has 0 saturated carbocycles. The molecule has 3 N–H and O–H groups in total. The van der Waals surface area contributed by atoms with Crippen molar-refractivity contribution in [2.24, 2.45) is 0 Å². The van der Waals surface area contributed by atoms with Gasteiger partial charge >= 0.3 is 0 Å². The van der Waals surface area contributed by atoms with E-state index < -0.39 is 21.8 Å². The molecule has 0 fully saturated rings. The van der Waals surface area contributed by atoms with Gasteiger partial charge in [-0.15, -0.1) is 0 Å². The van der Waals surface area contributed by atoms with Crippen LogP contribution >= 0.6 is 11.6 Å². The third-order valence-electron chi connectivity index (χ3n) is 4.35. The second-order valence-electron chi connectivity index (χ2n) is 6.68. The normalized spacial score (nSPS) is 10.9. The molecular formula is C22H20ClN3O4S. The van der Waals surface area contributed by atoms with Crippen LogP contribution in [0.1, 0.15) is 15.9 Å². The molecule has 9 heteroatoms. The Hall–Kier alpha value is -3.36. The van der Waals surface area contributed by atoms with Crippen molar-refractivity contribution in [1.82, 2.24) is 5.32 Å². The number of anilines is 2. The summed E-state index contributed by atoms with van der Waals surface area (Å²) in [6.45, 7) is 1.56. The first kappa shape index (κ1) is 22.3. The summed E-state index contributed by atoms with van der Waals surface area (Å²) in [5, 5.41) is 5.67. The fourth-order valence-electron chi connectivity index (χ4n) is 2.68. The predicted octanol–water partition coefficient (Wildman–Crippen LogP) is 3.82. The molecule has 3 rings (SSSR count). The van der Waals surface area contributed by atoms with E-state index in [4.69, 9.17) is 11.6 Å². The summed E-state index contributed by atoms with van der Waals surface area (Å²) in [6.07, 6.45) is 0. The summed E-state index contributed by atoms with van der Waals surface area (Å²) in [4.78, 5) is 24.3. The molecule has 0 aliphatic heterocycles. The Morgan fingerprint density at radius 2 is 1.55 bits per heavy atom. The molecule has 0 spiro atoms. The van der Waals surface area contributed by atoms with E-state index in [0.717, 1.165) is 5.56 Å². The SMILES string of the molecule is Cc1ccccc1NS(=O)(=O)c1ccc(C(=O)NCC(=O)Nc2ccc(Cl)cc2)cc1. The van der Waals surface area contributed by atoms with Crippen LogP contribution in [0, 0.1) is 6.92 Å². The number of amides is 2. The minimum Gasteiger partial charge on any atom is -0.343 e. The summed E-state index contributed by atoms with van der Waals surface area (Å²) in [5.41, 5.74) is 2.06. The number of nitrogens with one attached hydrogen (secondary N) is 3. The van der Waals surface area contributed by atoms with Crippen molar-refractivity contribution in [3.63, 3.8) is 0 Å². The molecule has 0 radical (unpaired) electrons. The molecular weight excluding hydrogens is 438 g/mol. The molecule has 0 aliphatic carbocycles. The lowest BCUT2D eigenvalue weighted by molar-refractivity contribution is -0.115. The zero-order valence-corrected chi connectivity index (χ0v) is 18.1. The third-order valence-corrected chi connectivity index (χ3v) is 5.99. The van der Waals surface area contributed by atoms with E-state index in [1.165, 1.54) is 24.3 Å². The largest absolute Gasteiger partial charge is 0.343 e. The summed E-state index contributed by atoms with van der Waals surface area (Å²) < 4.78 is 27.7. The Morgan fingerprint density at radius 1 is 0.903 bits per heavy atom. The van der Waals surface area contributed by atoms with E-state index in [1.54, 1.807) is 49.4 Å². The van der Waals surface area contributed by atoms with Crippen LogP contribution in [-0.2, 0) is 14.8 Å². The van der Waals surface area contributed by atoms with E-state index in [1.807, 2.05) is 6.07 Å². The number of hydrogen-bond donors (Lipinski definition) is 3. The first-order valence-corrected chi connectivity index (χ1v) is 11.1. The van der Waals surface area contributed by atoms with Crippen molar-refractivity contribution >= 4 is 44.8 Å². The maximum atomic E-state index is 12.6. The van der Waals surface area contributed by atoms with E-state index in [2.05, 4.69) is 15.4 Å². The summed E-state index contributed by atoms with van der Waals surface area (Å²) >= 11 is 5.79. The minimum absolute atomic E-state index is 0.0211. The van der Waals surface area contributed by atoms with Crippen molar-refractivity contribution < 1.29 is 18.0 Å². The average molecular weight is 458 g/mol. The molecule has 0 unspecified atom stereocenters. The highest BCUT2D eigenvalue weighted by Crippen LogP contribution is 2.19. The van der Waals surface area contributed by atoms with Crippen molar-refractivity contribution in [2.45, 2.75) is 11.8 Å². The van der Waals surface area contributed by atoms with Gasteiger partial charge in [0.05, 0.1) is 17.1 Å². The molecule has 2 amide bonds. The number of benzene rings is 3. The second kappa shape index (κ2) is 9.63. The van der Waals surface area contributed by atoms with Gasteiger partial charge in [0.2, 0.25) is 5.91 Å². The number of halogens is 1. The van der Waals surface area contributed by atoms with Gasteiger partial charge in [-0.05, 0) is 67.1 Å². The van der Waals surface area contributed by atoms with Crippen LogP contribution in [0.3, 0.4) is 0 Å². The summed E-state index contributed by atoms with van der Waals surface area (Å²) in [7, 11) is -3.80. The minimum atomic E-state index is -3.80. The van der Waals surface area contributed by atoms with Crippen molar-refractivity contribution in [3.8, 4) is 0 Å². The van der Waals surface area contributed by atoms with Gasteiger partial charge < -0.3 is 10.6 Å². The lowest BCUT2D eigenvalue weighted by Gasteiger charge is -2.11. The van der Waals surface area contributed by atoms with Crippen LogP contribution < -0.4 is 15.4 Å². The smallest absolute Gasteiger partial charge is 0.261 e. The first-order chi connectivity index (χ1) is 14.7. The molecule has 0 heterocycles. The number of carbonyl (C=O) groups excluding carboxylic acids is 2. The number of carbonyl (C=O) groups is 2. The highest BCUT2D eigenvalue weighted by atomic mass is 35.5. The van der Waals surface area contributed by atoms with E-state index in [9.17, 15) is 18.0 Å². The van der Waals surface area contributed by atoms with Gasteiger partial charge in [-0.3, -0.25) is 14.3 Å². The number of hydrogen-bond acceptors (Lipinski definition) is 4. The Balaban J connectivity index is 1.58. The molecule has 0 bridgehead atoms. The van der Waals surface area contributed by atoms with Crippen LogP contribution in [0.5, 0.6) is 0 Å². The molecule has 3 aromatic carbocycles. The zero-order chi connectivity index (χ0) is 22.4. The summed E-state index contributed by atoms with van der Waals surface area (Å²) in [6, 6.07) is 19.0. The maximum Gasteiger partial charge on any atom is 0.261 e. The van der Waals surface area contributed by atoms with Crippen LogP contribution in [0.25, 0.3) is 0 Å². The number of aryl methyl sites for hydroxylation is 1. The molecule has 3 aromatic rings. The fourth-order valence-corrected chi connectivity index (χ4v) is 3.93. The average Bonchev–Trinajstić information content (AvgIpc) is 2.75.